The molecule has 1 amide bonds. The summed E-state index contributed by atoms with van der Waals surface area (Å²) >= 11 is 0. The Kier molecular flexibility index (Phi) is 3.57. The van der Waals surface area contributed by atoms with Crippen LogP contribution in [0.1, 0.15) is 49.2 Å². The van der Waals surface area contributed by atoms with Crippen molar-refractivity contribution >= 4 is 5.91 Å². The number of piperidine rings is 1. The van der Waals surface area contributed by atoms with Gasteiger partial charge in [-0.05, 0) is 52.2 Å². The Morgan fingerprint density at radius 3 is 2.71 bits per heavy atom. The normalized spacial score (nSPS) is 22.5. The highest BCUT2D eigenvalue weighted by molar-refractivity contribution is 6.00. The summed E-state index contributed by atoms with van der Waals surface area (Å²) in [6.45, 7) is 6.12. The Labute approximate surface area is 124 Å². The van der Waals surface area contributed by atoms with E-state index in [1.165, 1.54) is 6.42 Å². The van der Waals surface area contributed by atoms with Crippen molar-refractivity contribution in [3.63, 3.8) is 0 Å². The minimum atomic E-state index is 0.0485. The van der Waals surface area contributed by atoms with Crippen LogP contribution in [0.2, 0.25) is 0 Å². The molecule has 2 unspecified atom stereocenters. The molecule has 0 bridgehead atoms. The molecule has 2 atom stereocenters. The van der Waals surface area contributed by atoms with E-state index >= 15 is 0 Å². The van der Waals surface area contributed by atoms with Gasteiger partial charge >= 0.3 is 0 Å². The second-order valence-electron chi connectivity index (χ2n) is 5.89. The molecule has 3 rings (SSSR count). The molecule has 21 heavy (non-hydrogen) atoms. The van der Waals surface area contributed by atoms with Gasteiger partial charge in [0, 0.05) is 17.8 Å². The van der Waals surface area contributed by atoms with E-state index in [0.29, 0.717) is 17.0 Å². The maximum atomic E-state index is 13.0. The Bertz CT molecular complexity index is 620. The fraction of sp³-hybridized carbons (Fsp3) is 0.500. The van der Waals surface area contributed by atoms with Crippen LogP contribution in [0, 0.1) is 6.92 Å². The molecule has 1 aliphatic rings. The molecule has 1 fully saturated rings. The molecular weight excluding hydrogens is 266 g/mol. The van der Waals surface area contributed by atoms with Crippen LogP contribution < -0.4 is 0 Å². The van der Waals surface area contributed by atoms with Gasteiger partial charge in [-0.3, -0.25) is 9.89 Å². The van der Waals surface area contributed by atoms with Crippen LogP contribution in [-0.2, 0) is 0 Å². The molecule has 1 saturated heterocycles. The lowest BCUT2D eigenvalue weighted by Crippen LogP contribution is -2.47. The number of amides is 1. The first-order chi connectivity index (χ1) is 10.1. The van der Waals surface area contributed by atoms with Gasteiger partial charge in [0.2, 0.25) is 0 Å². The molecule has 2 aromatic rings. The molecule has 0 spiro atoms. The Balaban J connectivity index is 2.00. The SMILES string of the molecule is Cc1[nH]nc(-c2ccco2)c1C(=O)N1C(C)CCCC1C. The van der Waals surface area contributed by atoms with Crippen LogP contribution in [0.5, 0.6) is 0 Å². The third-order valence-electron chi connectivity index (χ3n) is 4.34. The molecular formula is C16H21N3O2. The van der Waals surface area contributed by atoms with Gasteiger partial charge in [-0.1, -0.05) is 0 Å². The fourth-order valence-electron chi connectivity index (χ4n) is 3.23. The predicted octanol–water partition coefficient (Wildman–Crippen LogP) is 3.38. The van der Waals surface area contributed by atoms with Crippen LogP contribution in [-0.4, -0.2) is 33.1 Å². The minimum absolute atomic E-state index is 0.0485. The van der Waals surface area contributed by atoms with Crippen molar-refractivity contribution in [3.8, 4) is 11.5 Å². The van der Waals surface area contributed by atoms with E-state index in [1.807, 2.05) is 17.9 Å². The average molecular weight is 287 g/mol. The van der Waals surface area contributed by atoms with Crippen molar-refractivity contribution in [2.24, 2.45) is 0 Å². The zero-order valence-corrected chi connectivity index (χ0v) is 12.7. The summed E-state index contributed by atoms with van der Waals surface area (Å²) in [6, 6.07) is 4.16. The second kappa shape index (κ2) is 5.39. The van der Waals surface area contributed by atoms with Crippen LogP contribution in [0.4, 0.5) is 0 Å². The number of rotatable bonds is 2. The number of hydrogen-bond donors (Lipinski definition) is 1. The molecule has 1 N–H and O–H groups in total. The Morgan fingerprint density at radius 1 is 1.38 bits per heavy atom. The molecule has 0 radical (unpaired) electrons. The highest BCUT2D eigenvalue weighted by Gasteiger charge is 2.33. The fourth-order valence-corrected chi connectivity index (χ4v) is 3.23. The first-order valence-electron chi connectivity index (χ1n) is 7.51. The van der Waals surface area contributed by atoms with Crippen molar-refractivity contribution in [3.05, 3.63) is 29.7 Å². The number of aromatic nitrogens is 2. The lowest BCUT2D eigenvalue weighted by molar-refractivity contribution is 0.0510. The number of H-pyrrole nitrogens is 1. The lowest BCUT2D eigenvalue weighted by Gasteiger charge is -2.39. The van der Waals surface area contributed by atoms with Crippen LogP contribution in [0.3, 0.4) is 0 Å². The number of nitrogens with one attached hydrogen (secondary N) is 1. The summed E-state index contributed by atoms with van der Waals surface area (Å²) in [6.07, 6.45) is 4.90. The number of furan rings is 1. The summed E-state index contributed by atoms with van der Waals surface area (Å²) in [5, 5.41) is 7.18. The highest BCUT2D eigenvalue weighted by atomic mass is 16.3. The van der Waals surface area contributed by atoms with Gasteiger partial charge in [-0.15, -0.1) is 0 Å². The number of carbonyl (C=O) groups is 1. The second-order valence-corrected chi connectivity index (χ2v) is 5.89. The molecule has 1 aliphatic heterocycles. The topological polar surface area (TPSA) is 62.1 Å². The van der Waals surface area contributed by atoms with E-state index < -0.39 is 0 Å². The Morgan fingerprint density at radius 2 is 2.10 bits per heavy atom. The smallest absolute Gasteiger partial charge is 0.258 e. The van der Waals surface area contributed by atoms with Gasteiger partial charge < -0.3 is 9.32 Å². The number of hydrogen-bond acceptors (Lipinski definition) is 3. The highest BCUT2D eigenvalue weighted by Crippen LogP contribution is 2.30. The van der Waals surface area contributed by atoms with E-state index in [2.05, 4.69) is 24.0 Å². The van der Waals surface area contributed by atoms with Crippen molar-refractivity contribution in [1.29, 1.82) is 0 Å². The van der Waals surface area contributed by atoms with Crippen molar-refractivity contribution < 1.29 is 9.21 Å². The van der Waals surface area contributed by atoms with Crippen molar-refractivity contribution in [2.75, 3.05) is 0 Å². The standard InChI is InChI=1S/C16H21N3O2/c1-10-6-4-7-11(2)19(10)16(20)14-12(3)17-18-15(14)13-8-5-9-21-13/h5,8-11H,4,6-7H2,1-3H3,(H,17,18). The van der Waals surface area contributed by atoms with E-state index in [9.17, 15) is 4.79 Å². The minimum Gasteiger partial charge on any atom is -0.463 e. The summed E-state index contributed by atoms with van der Waals surface area (Å²) in [5.41, 5.74) is 2.02. The zero-order valence-electron chi connectivity index (χ0n) is 12.7. The zero-order chi connectivity index (χ0) is 15.0. The first-order valence-corrected chi connectivity index (χ1v) is 7.51. The van der Waals surface area contributed by atoms with Crippen LogP contribution >= 0.6 is 0 Å². The molecule has 112 valence electrons. The number of aromatic amines is 1. The largest absolute Gasteiger partial charge is 0.463 e. The maximum absolute atomic E-state index is 13.0. The number of likely N-dealkylation sites (tertiary alicyclic amines) is 1. The summed E-state index contributed by atoms with van der Waals surface area (Å²) in [5.74, 6) is 0.673. The van der Waals surface area contributed by atoms with Crippen molar-refractivity contribution in [2.45, 2.75) is 52.1 Å². The molecule has 2 aromatic heterocycles. The lowest BCUT2D eigenvalue weighted by atomic mass is 9.96. The quantitative estimate of drug-likeness (QED) is 0.921. The molecule has 5 heteroatoms. The van der Waals surface area contributed by atoms with Crippen LogP contribution in [0.15, 0.2) is 22.8 Å². The summed E-state index contributed by atoms with van der Waals surface area (Å²) < 4.78 is 5.41. The molecule has 0 aliphatic carbocycles. The monoisotopic (exact) mass is 287 g/mol. The van der Waals surface area contributed by atoms with E-state index in [0.717, 1.165) is 18.5 Å². The molecule has 5 nitrogen and oxygen atoms in total. The molecule has 3 heterocycles. The van der Waals surface area contributed by atoms with Crippen LogP contribution in [0.25, 0.3) is 11.5 Å². The maximum Gasteiger partial charge on any atom is 0.258 e. The van der Waals surface area contributed by atoms with Gasteiger partial charge in [0.15, 0.2) is 5.76 Å². The third-order valence-corrected chi connectivity index (χ3v) is 4.34. The van der Waals surface area contributed by atoms with E-state index in [4.69, 9.17) is 4.42 Å². The molecule has 0 saturated carbocycles. The first kappa shape index (κ1) is 13.9. The summed E-state index contributed by atoms with van der Waals surface area (Å²) in [4.78, 5) is 15.0. The Hall–Kier alpha value is -2.04. The molecule has 0 aromatic carbocycles. The van der Waals surface area contributed by atoms with Gasteiger partial charge in [-0.2, -0.15) is 5.10 Å². The van der Waals surface area contributed by atoms with E-state index in [1.54, 1.807) is 12.3 Å². The van der Waals surface area contributed by atoms with Gasteiger partial charge in [-0.25, -0.2) is 0 Å². The number of nitrogens with zero attached hydrogens (tertiary/aromatic N) is 2. The third kappa shape index (κ3) is 2.37. The van der Waals surface area contributed by atoms with Crippen molar-refractivity contribution in [1.82, 2.24) is 15.1 Å². The summed E-state index contributed by atoms with van der Waals surface area (Å²) in [7, 11) is 0. The van der Waals surface area contributed by atoms with Gasteiger partial charge in [0.05, 0.1) is 11.8 Å². The average Bonchev–Trinajstić information content (AvgIpc) is 3.07. The number of carbonyl (C=O) groups excluding carboxylic acids is 1. The predicted molar refractivity (Wildman–Crippen MR) is 80.0 cm³/mol. The number of aryl methyl sites for hydroxylation is 1. The van der Waals surface area contributed by atoms with E-state index in [-0.39, 0.29) is 18.0 Å². The van der Waals surface area contributed by atoms with Gasteiger partial charge in [0.25, 0.3) is 5.91 Å². The van der Waals surface area contributed by atoms with Gasteiger partial charge in [0.1, 0.15) is 5.69 Å².